The zero-order valence-electron chi connectivity index (χ0n) is 10.3. The topological polar surface area (TPSA) is 43.1 Å². The summed E-state index contributed by atoms with van der Waals surface area (Å²) >= 11 is 0. The van der Waals surface area contributed by atoms with Gasteiger partial charge in [-0.2, -0.15) is 0 Å². The van der Waals surface area contributed by atoms with Crippen LogP contribution in [0.1, 0.15) is 11.1 Å². The molecule has 0 saturated carbocycles. The SMILES string of the molecule is Cc1ccc(F)cc1CS(=O)c1ccc(N)c(F)c1. The van der Waals surface area contributed by atoms with Gasteiger partial charge in [0.1, 0.15) is 11.6 Å². The van der Waals surface area contributed by atoms with Crippen molar-refractivity contribution in [3.63, 3.8) is 0 Å². The standard InChI is InChI=1S/C14H13F2NOS/c1-9-2-3-11(15)6-10(9)8-19(18)12-4-5-14(17)13(16)7-12/h2-7H,8,17H2,1H3. The van der Waals surface area contributed by atoms with E-state index in [2.05, 4.69) is 0 Å². The van der Waals surface area contributed by atoms with Gasteiger partial charge in [0.05, 0.1) is 22.2 Å². The molecule has 5 heteroatoms. The number of halogens is 2. The fourth-order valence-corrected chi connectivity index (χ4v) is 2.88. The molecule has 0 aliphatic carbocycles. The number of benzene rings is 2. The Hall–Kier alpha value is -1.75. The van der Waals surface area contributed by atoms with E-state index in [4.69, 9.17) is 5.73 Å². The first-order chi connectivity index (χ1) is 8.97. The molecule has 0 bridgehead atoms. The average Bonchev–Trinajstić information content (AvgIpc) is 2.37. The van der Waals surface area contributed by atoms with E-state index in [1.54, 1.807) is 6.07 Å². The summed E-state index contributed by atoms with van der Waals surface area (Å²) in [5.41, 5.74) is 6.88. The lowest BCUT2D eigenvalue weighted by molar-refractivity contribution is 0.624. The summed E-state index contributed by atoms with van der Waals surface area (Å²) in [4.78, 5) is 0.343. The van der Waals surface area contributed by atoms with E-state index in [0.29, 0.717) is 10.5 Å². The Labute approximate surface area is 112 Å². The molecule has 1 atom stereocenters. The molecule has 2 aromatic carbocycles. The summed E-state index contributed by atoms with van der Waals surface area (Å²) in [5.74, 6) is -0.824. The van der Waals surface area contributed by atoms with Gasteiger partial charge in [-0.05, 0) is 48.4 Å². The van der Waals surface area contributed by atoms with Crippen LogP contribution in [0.4, 0.5) is 14.5 Å². The van der Waals surface area contributed by atoms with Crippen LogP contribution < -0.4 is 5.73 Å². The van der Waals surface area contributed by atoms with Crippen LogP contribution in [0.3, 0.4) is 0 Å². The van der Waals surface area contributed by atoms with Crippen molar-refractivity contribution >= 4 is 16.5 Å². The number of hydrogen-bond donors (Lipinski definition) is 1. The molecule has 0 aliphatic rings. The molecule has 0 spiro atoms. The Balaban J connectivity index is 2.25. The van der Waals surface area contributed by atoms with Crippen LogP contribution in [-0.4, -0.2) is 4.21 Å². The van der Waals surface area contributed by atoms with Gasteiger partial charge in [-0.3, -0.25) is 4.21 Å². The minimum Gasteiger partial charge on any atom is -0.396 e. The quantitative estimate of drug-likeness (QED) is 0.878. The summed E-state index contributed by atoms with van der Waals surface area (Å²) < 4.78 is 38.6. The fourth-order valence-electron chi connectivity index (χ4n) is 1.67. The van der Waals surface area contributed by atoms with E-state index in [-0.39, 0.29) is 17.3 Å². The predicted molar refractivity (Wildman–Crippen MR) is 72.1 cm³/mol. The number of hydrogen-bond acceptors (Lipinski definition) is 2. The minimum atomic E-state index is -1.43. The summed E-state index contributed by atoms with van der Waals surface area (Å²) in [5, 5.41) is 0. The summed E-state index contributed by atoms with van der Waals surface area (Å²) in [6.07, 6.45) is 0. The molecule has 0 aliphatic heterocycles. The fraction of sp³-hybridized carbons (Fsp3) is 0.143. The first-order valence-electron chi connectivity index (χ1n) is 5.66. The monoisotopic (exact) mass is 281 g/mol. The molecular formula is C14H13F2NOS. The molecule has 0 radical (unpaired) electrons. The molecular weight excluding hydrogens is 268 g/mol. The minimum absolute atomic E-state index is 0.0164. The summed E-state index contributed by atoms with van der Waals surface area (Å²) in [6, 6.07) is 8.38. The van der Waals surface area contributed by atoms with Crippen molar-refractivity contribution in [3.8, 4) is 0 Å². The smallest absolute Gasteiger partial charge is 0.147 e. The van der Waals surface area contributed by atoms with Gasteiger partial charge in [-0.15, -0.1) is 0 Å². The number of rotatable bonds is 3. The van der Waals surface area contributed by atoms with Crippen molar-refractivity contribution in [1.29, 1.82) is 0 Å². The second-order valence-corrected chi connectivity index (χ2v) is 5.70. The van der Waals surface area contributed by atoms with Crippen LogP contribution in [-0.2, 0) is 16.6 Å². The molecule has 2 aromatic rings. The molecule has 0 heterocycles. The van der Waals surface area contributed by atoms with Crippen LogP contribution in [0.25, 0.3) is 0 Å². The second kappa shape index (κ2) is 5.48. The molecule has 0 saturated heterocycles. The van der Waals surface area contributed by atoms with Gasteiger partial charge in [0.15, 0.2) is 0 Å². The van der Waals surface area contributed by atoms with E-state index in [1.165, 1.54) is 24.3 Å². The van der Waals surface area contributed by atoms with Gasteiger partial charge in [-0.1, -0.05) is 6.07 Å². The first kappa shape index (κ1) is 13.7. The van der Waals surface area contributed by atoms with Crippen molar-refractivity contribution < 1.29 is 13.0 Å². The normalized spacial score (nSPS) is 12.4. The third-order valence-electron chi connectivity index (χ3n) is 2.83. The van der Waals surface area contributed by atoms with E-state index in [1.807, 2.05) is 6.92 Å². The lowest BCUT2D eigenvalue weighted by atomic mass is 10.1. The van der Waals surface area contributed by atoms with Gasteiger partial charge < -0.3 is 5.73 Å². The van der Waals surface area contributed by atoms with E-state index in [0.717, 1.165) is 11.6 Å². The second-order valence-electron chi connectivity index (χ2n) is 4.24. The van der Waals surface area contributed by atoms with Crippen molar-refractivity contribution in [3.05, 3.63) is 59.2 Å². The number of nitrogens with two attached hydrogens (primary N) is 1. The third-order valence-corrected chi connectivity index (χ3v) is 4.19. The van der Waals surface area contributed by atoms with Crippen LogP contribution >= 0.6 is 0 Å². The molecule has 2 N–H and O–H groups in total. The number of nitrogen functional groups attached to an aromatic ring is 1. The van der Waals surface area contributed by atoms with Crippen molar-refractivity contribution in [2.45, 2.75) is 17.6 Å². The Morgan fingerprint density at radius 1 is 1.16 bits per heavy atom. The Morgan fingerprint density at radius 2 is 1.89 bits per heavy atom. The van der Waals surface area contributed by atoms with Crippen LogP contribution in [0.5, 0.6) is 0 Å². The Bertz CT molecular complexity index is 643. The molecule has 2 rings (SSSR count). The summed E-state index contributed by atoms with van der Waals surface area (Å²) in [6.45, 7) is 1.82. The third kappa shape index (κ3) is 3.17. The zero-order valence-corrected chi connectivity index (χ0v) is 11.1. The van der Waals surface area contributed by atoms with Crippen LogP contribution in [0.15, 0.2) is 41.3 Å². The lowest BCUT2D eigenvalue weighted by Crippen LogP contribution is -2.01. The van der Waals surface area contributed by atoms with Crippen molar-refractivity contribution in [1.82, 2.24) is 0 Å². The van der Waals surface area contributed by atoms with Crippen molar-refractivity contribution in [2.24, 2.45) is 0 Å². The van der Waals surface area contributed by atoms with Crippen LogP contribution in [0, 0.1) is 18.6 Å². The van der Waals surface area contributed by atoms with Gasteiger partial charge in [0.2, 0.25) is 0 Å². The van der Waals surface area contributed by atoms with Gasteiger partial charge in [0.25, 0.3) is 0 Å². The molecule has 0 fully saturated rings. The van der Waals surface area contributed by atoms with E-state index < -0.39 is 16.6 Å². The van der Waals surface area contributed by atoms with E-state index in [9.17, 15) is 13.0 Å². The van der Waals surface area contributed by atoms with Gasteiger partial charge in [-0.25, -0.2) is 8.78 Å². The maximum Gasteiger partial charge on any atom is 0.147 e. The average molecular weight is 281 g/mol. The molecule has 0 amide bonds. The highest BCUT2D eigenvalue weighted by molar-refractivity contribution is 7.84. The molecule has 0 aromatic heterocycles. The maximum atomic E-state index is 13.3. The van der Waals surface area contributed by atoms with E-state index >= 15 is 0 Å². The van der Waals surface area contributed by atoms with Crippen molar-refractivity contribution in [2.75, 3.05) is 5.73 Å². The molecule has 100 valence electrons. The lowest BCUT2D eigenvalue weighted by Gasteiger charge is -2.07. The molecule has 1 unspecified atom stereocenters. The van der Waals surface area contributed by atoms with Gasteiger partial charge in [0, 0.05) is 4.90 Å². The zero-order chi connectivity index (χ0) is 14.0. The number of aryl methyl sites for hydroxylation is 1. The highest BCUT2D eigenvalue weighted by atomic mass is 32.2. The van der Waals surface area contributed by atoms with Crippen LogP contribution in [0.2, 0.25) is 0 Å². The number of anilines is 1. The predicted octanol–water partition coefficient (Wildman–Crippen LogP) is 3.16. The Morgan fingerprint density at radius 3 is 2.58 bits per heavy atom. The first-order valence-corrected chi connectivity index (χ1v) is 6.97. The van der Waals surface area contributed by atoms with Gasteiger partial charge >= 0.3 is 0 Å². The highest BCUT2D eigenvalue weighted by Gasteiger charge is 2.10. The Kier molecular flexibility index (Phi) is 3.95. The highest BCUT2D eigenvalue weighted by Crippen LogP contribution is 2.19. The maximum absolute atomic E-state index is 13.3. The largest absolute Gasteiger partial charge is 0.396 e. The summed E-state index contributed by atoms with van der Waals surface area (Å²) in [7, 11) is -1.43. The molecule has 2 nitrogen and oxygen atoms in total. The molecule has 19 heavy (non-hydrogen) atoms.